The van der Waals surface area contributed by atoms with Crippen molar-refractivity contribution in [1.29, 1.82) is 0 Å². The van der Waals surface area contributed by atoms with E-state index in [1.54, 1.807) is 17.8 Å². The number of nitrogens with one attached hydrogen (secondary N) is 1. The largest absolute Gasteiger partial charge is 0.494 e. The summed E-state index contributed by atoms with van der Waals surface area (Å²) in [6, 6.07) is 9.62. The van der Waals surface area contributed by atoms with E-state index in [2.05, 4.69) is 23.8 Å². The number of aromatic amines is 1. The molecule has 118 valence electrons. The third kappa shape index (κ3) is 5.56. The maximum atomic E-state index is 11.6. The molecule has 0 aliphatic carbocycles. The van der Waals surface area contributed by atoms with Gasteiger partial charge in [0.1, 0.15) is 5.75 Å². The molecule has 0 saturated heterocycles. The van der Waals surface area contributed by atoms with Crippen LogP contribution in [0, 0.1) is 6.92 Å². The molecule has 0 bridgehead atoms. The van der Waals surface area contributed by atoms with Crippen LogP contribution >= 0.6 is 11.8 Å². The molecule has 1 heterocycles. The summed E-state index contributed by atoms with van der Waals surface area (Å²) in [6.45, 7) is 4.80. The van der Waals surface area contributed by atoms with Crippen molar-refractivity contribution in [3.8, 4) is 5.75 Å². The van der Waals surface area contributed by atoms with E-state index in [0.29, 0.717) is 11.8 Å². The molecule has 0 spiro atoms. The van der Waals surface area contributed by atoms with E-state index in [-0.39, 0.29) is 5.56 Å². The van der Waals surface area contributed by atoms with Crippen molar-refractivity contribution in [3.05, 3.63) is 51.9 Å². The van der Waals surface area contributed by atoms with E-state index in [1.807, 2.05) is 24.3 Å². The molecule has 0 unspecified atom stereocenters. The van der Waals surface area contributed by atoms with Crippen LogP contribution in [0.2, 0.25) is 0 Å². The van der Waals surface area contributed by atoms with Crippen LogP contribution in [0.4, 0.5) is 0 Å². The first-order valence-electron chi connectivity index (χ1n) is 7.60. The van der Waals surface area contributed by atoms with Crippen LogP contribution in [0.3, 0.4) is 0 Å². The topological polar surface area (TPSA) is 55.0 Å². The molecule has 0 saturated carbocycles. The predicted molar refractivity (Wildman–Crippen MR) is 90.9 cm³/mol. The number of thioether (sulfide) groups is 1. The summed E-state index contributed by atoms with van der Waals surface area (Å²) < 4.78 is 5.68. The average Bonchev–Trinajstić information content (AvgIpc) is 2.49. The predicted octanol–water partition coefficient (Wildman–Crippen LogP) is 3.59. The highest BCUT2D eigenvalue weighted by Crippen LogP contribution is 2.15. The molecule has 5 heteroatoms. The first-order chi connectivity index (χ1) is 10.7. The minimum atomic E-state index is -0.0724. The van der Waals surface area contributed by atoms with Crippen LogP contribution in [0.15, 0.2) is 40.3 Å². The summed E-state index contributed by atoms with van der Waals surface area (Å²) >= 11 is 1.57. The van der Waals surface area contributed by atoms with Crippen molar-refractivity contribution in [3.63, 3.8) is 0 Å². The van der Waals surface area contributed by atoms with Crippen molar-refractivity contribution >= 4 is 11.8 Å². The second kappa shape index (κ2) is 8.63. The van der Waals surface area contributed by atoms with Crippen molar-refractivity contribution in [2.45, 2.75) is 38.3 Å². The Morgan fingerprint density at radius 2 is 2.05 bits per heavy atom. The molecule has 0 radical (unpaired) electrons. The smallest absolute Gasteiger partial charge is 0.251 e. The Kier molecular flexibility index (Phi) is 6.52. The van der Waals surface area contributed by atoms with Gasteiger partial charge in [-0.1, -0.05) is 42.8 Å². The zero-order valence-electron chi connectivity index (χ0n) is 13.1. The van der Waals surface area contributed by atoms with Gasteiger partial charge < -0.3 is 9.72 Å². The van der Waals surface area contributed by atoms with Crippen molar-refractivity contribution in [2.24, 2.45) is 0 Å². The molecular formula is C17H22N2O2S. The Balaban J connectivity index is 1.74. The molecule has 0 atom stereocenters. The van der Waals surface area contributed by atoms with Gasteiger partial charge in [-0.15, -0.1) is 0 Å². The molecule has 2 rings (SSSR count). The van der Waals surface area contributed by atoms with Crippen molar-refractivity contribution in [1.82, 2.24) is 9.97 Å². The number of aryl methyl sites for hydroxylation is 2. The van der Waals surface area contributed by atoms with Crippen LogP contribution in [-0.2, 0) is 6.42 Å². The highest BCUT2D eigenvalue weighted by molar-refractivity contribution is 7.99. The molecule has 2 aromatic rings. The lowest BCUT2D eigenvalue weighted by molar-refractivity contribution is 0.318. The molecule has 0 aliphatic heterocycles. The first kappa shape index (κ1) is 16.6. The Bertz CT molecular complexity index is 638. The van der Waals surface area contributed by atoms with Gasteiger partial charge in [-0.05, 0) is 31.9 Å². The third-order valence-corrected chi connectivity index (χ3v) is 4.06. The SMILES string of the molecule is CCCc1cc(=O)[nH]c(SCCCOc2ccc(C)cc2)n1. The van der Waals surface area contributed by atoms with Crippen molar-refractivity contribution < 1.29 is 4.74 Å². The molecule has 0 amide bonds. The molecule has 4 nitrogen and oxygen atoms in total. The number of hydrogen-bond acceptors (Lipinski definition) is 4. The number of aromatic nitrogens is 2. The number of H-pyrrole nitrogens is 1. The summed E-state index contributed by atoms with van der Waals surface area (Å²) in [5.74, 6) is 1.76. The summed E-state index contributed by atoms with van der Waals surface area (Å²) in [4.78, 5) is 18.8. The zero-order chi connectivity index (χ0) is 15.8. The molecular weight excluding hydrogens is 296 g/mol. The van der Waals surface area contributed by atoms with Gasteiger partial charge >= 0.3 is 0 Å². The highest BCUT2D eigenvalue weighted by atomic mass is 32.2. The molecule has 1 aromatic heterocycles. The maximum Gasteiger partial charge on any atom is 0.251 e. The lowest BCUT2D eigenvalue weighted by Gasteiger charge is -2.06. The normalized spacial score (nSPS) is 10.6. The standard InChI is InChI=1S/C17H22N2O2S/c1-3-5-14-12-16(20)19-17(18-14)22-11-4-10-21-15-8-6-13(2)7-9-15/h6-9,12H,3-5,10-11H2,1-2H3,(H,18,19,20). The zero-order valence-corrected chi connectivity index (χ0v) is 13.9. The van der Waals surface area contributed by atoms with Crippen LogP contribution < -0.4 is 10.3 Å². The number of benzene rings is 1. The monoisotopic (exact) mass is 318 g/mol. The number of nitrogens with zero attached hydrogens (tertiary/aromatic N) is 1. The minimum Gasteiger partial charge on any atom is -0.494 e. The minimum absolute atomic E-state index is 0.0724. The van der Waals surface area contributed by atoms with E-state index in [9.17, 15) is 4.79 Å². The molecule has 22 heavy (non-hydrogen) atoms. The summed E-state index contributed by atoms with van der Waals surface area (Å²) in [5, 5.41) is 0.700. The quantitative estimate of drug-likeness (QED) is 0.459. The maximum absolute atomic E-state index is 11.6. The van der Waals surface area contributed by atoms with Gasteiger partial charge in [0.15, 0.2) is 5.16 Å². The number of rotatable bonds is 8. The van der Waals surface area contributed by atoms with Crippen LogP contribution in [0.25, 0.3) is 0 Å². The van der Waals surface area contributed by atoms with Gasteiger partial charge in [-0.3, -0.25) is 4.79 Å². The Morgan fingerprint density at radius 3 is 2.77 bits per heavy atom. The fourth-order valence-corrected chi connectivity index (χ4v) is 2.80. The van der Waals surface area contributed by atoms with Gasteiger partial charge in [0.25, 0.3) is 5.56 Å². The third-order valence-electron chi connectivity index (χ3n) is 3.10. The van der Waals surface area contributed by atoms with Gasteiger partial charge in [-0.2, -0.15) is 0 Å². The molecule has 1 N–H and O–H groups in total. The lowest BCUT2D eigenvalue weighted by atomic mass is 10.2. The van der Waals surface area contributed by atoms with E-state index >= 15 is 0 Å². The second-order valence-electron chi connectivity index (χ2n) is 5.16. The first-order valence-corrected chi connectivity index (χ1v) is 8.58. The van der Waals surface area contributed by atoms with E-state index in [4.69, 9.17) is 4.74 Å². The fraction of sp³-hybridized carbons (Fsp3) is 0.412. The average molecular weight is 318 g/mol. The molecule has 0 fully saturated rings. The fourth-order valence-electron chi connectivity index (χ4n) is 1.99. The Morgan fingerprint density at radius 1 is 1.27 bits per heavy atom. The van der Waals surface area contributed by atoms with Gasteiger partial charge in [0.2, 0.25) is 0 Å². The highest BCUT2D eigenvalue weighted by Gasteiger charge is 2.02. The van der Waals surface area contributed by atoms with Crippen molar-refractivity contribution in [2.75, 3.05) is 12.4 Å². The number of hydrogen-bond donors (Lipinski definition) is 1. The van der Waals surface area contributed by atoms with Crippen LogP contribution in [0.5, 0.6) is 5.75 Å². The van der Waals surface area contributed by atoms with Crippen LogP contribution in [0.1, 0.15) is 31.0 Å². The molecule has 0 aliphatic rings. The summed E-state index contributed by atoms with van der Waals surface area (Å²) in [7, 11) is 0. The summed E-state index contributed by atoms with van der Waals surface area (Å²) in [5.41, 5.74) is 2.02. The Labute approximate surface area is 135 Å². The lowest BCUT2D eigenvalue weighted by Crippen LogP contribution is -2.10. The second-order valence-corrected chi connectivity index (χ2v) is 6.24. The van der Waals surface area contributed by atoms with Crippen LogP contribution in [-0.4, -0.2) is 22.3 Å². The van der Waals surface area contributed by atoms with Gasteiger partial charge in [0, 0.05) is 17.5 Å². The van der Waals surface area contributed by atoms with E-state index in [1.165, 1.54) is 5.56 Å². The summed E-state index contributed by atoms with van der Waals surface area (Å²) in [6.07, 6.45) is 2.74. The molecule has 1 aromatic carbocycles. The van der Waals surface area contributed by atoms with Gasteiger partial charge in [-0.25, -0.2) is 4.98 Å². The Hall–Kier alpha value is -1.75. The van der Waals surface area contributed by atoms with Gasteiger partial charge in [0.05, 0.1) is 6.61 Å². The number of ether oxygens (including phenoxy) is 1. The van der Waals surface area contributed by atoms with E-state index in [0.717, 1.165) is 36.5 Å². The van der Waals surface area contributed by atoms with E-state index < -0.39 is 0 Å².